The van der Waals surface area contributed by atoms with E-state index < -0.39 is 0 Å². The monoisotopic (exact) mass is 241 g/mol. The lowest BCUT2D eigenvalue weighted by atomic mass is 10.1. The molecule has 0 heterocycles. The van der Waals surface area contributed by atoms with Crippen molar-refractivity contribution in [3.63, 3.8) is 0 Å². The molecule has 0 aliphatic heterocycles. The van der Waals surface area contributed by atoms with Gasteiger partial charge in [0.15, 0.2) is 0 Å². The molecule has 0 unspecified atom stereocenters. The Kier molecular flexibility index (Phi) is 4.90. The zero-order valence-corrected chi connectivity index (χ0v) is 10.6. The summed E-state index contributed by atoms with van der Waals surface area (Å²) < 4.78 is 0. The van der Waals surface area contributed by atoms with Crippen molar-refractivity contribution in [1.29, 1.82) is 0 Å². The Balaban J connectivity index is 1.70. The van der Waals surface area contributed by atoms with Gasteiger partial charge in [-0.3, -0.25) is 0 Å². The number of hydrogen-bond acceptors (Lipinski definition) is 3. The van der Waals surface area contributed by atoms with Crippen molar-refractivity contribution in [3.8, 4) is 0 Å². The van der Waals surface area contributed by atoms with Crippen LogP contribution in [0.4, 0.5) is 0 Å². The maximum atomic E-state index is 3.21. The smallest absolute Gasteiger partial charge is 0.0447 e. The van der Waals surface area contributed by atoms with Crippen LogP contribution in [0.2, 0.25) is 0 Å². The lowest BCUT2D eigenvalue weighted by Gasteiger charge is -2.15. The van der Waals surface area contributed by atoms with Gasteiger partial charge in [0.2, 0.25) is 0 Å². The van der Waals surface area contributed by atoms with Crippen molar-refractivity contribution in [2.45, 2.75) is 19.5 Å². The average molecular weight is 241 g/mol. The first-order chi connectivity index (χ1) is 8.86. The van der Waals surface area contributed by atoms with E-state index >= 15 is 0 Å². The first-order valence-corrected chi connectivity index (χ1v) is 6.18. The molecule has 0 amide bonds. The summed E-state index contributed by atoms with van der Waals surface area (Å²) in [6.45, 7) is 2.90. The summed E-state index contributed by atoms with van der Waals surface area (Å²) in [6, 6.07) is 20.9. The van der Waals surface area contributed by atoms with E-state index in [9.17, 15) is 0 Å². The zero-order chi connectivity index (χ0) is 12.6. The van der Waals surface area contributed by atoms with Gasteiger partial charge in [0.1, 0.15) is 0 Å². The highest BCUT2D eigenvalue weighted by Crippen LogP contribution is 2.09. The largest absolute Gasteiger partial charge is 0.240 e. The maximum Gasteiger partial charge on any atom is 0.0447 e. The summed E-state index contributed by atoms with van der Waals surface area (Å²) in [5, 5.41) is 0. The molecular formula is C15H19N3. The second-order valence-corrected chi connectivity index (χ2v) is 4.24. The van der Waals surface area contributed by atoms with Gasteiger partial charge in [0.05, 0.1) is 0 Å². The molecule has 94 valence electrons. The number of hydrogen-bond donors (Lipinski definition) is 3. The van der Waals surface area contributed by atoms with Crippen molar-refractivity contribution in [2.24, 2.45) is 0 Å². The van der Waals surface area contributed by atoms with Crippen molar-refractivity contribution < 1.29 is 0 Å². The second kappa shape index (κ2) is 6.91. The normalized spacial score (nSPS) is 12.3. The fraction of sp³-hybridized carbons (Fsp3) is 0.200. The van der Waals surface area contributed by atoms with Gasteiger partial charge in [-0.05, 0) is 18.1 Å². The topological polar surface area (TPSA) is 36.1 Å². The predicted octanol–water partition coefficient (Wildman–Crippen LogP) is 2.55. The Morgan fingerprint density at radius 1 is 0.889 bits per heavy atom. The molecule has 0 aliphatic rings. The van der Waals surface area contributed by atoms with Crippen LogP contribution < -0.4 is 16.4 Å². The Hall–Kier alpha value is -1.68. The fourth-order valence-corrected chi connectivity index (χ4v) is 1.73. The fourth-order valence-electron chi connectivity index (χ4n) is 1.73. The Morgan fingerprint density at radius 3 is 2.17 bits per heavy atom. The Morgan fingerprint density at radius 2 is 1.50 bits per heavy atom. The maximum absolute atomic E-state index is 3.21. The zero-order valence-electron chi connectivity index (χ0n) is 10.6. The molecule has 3 heteroatoms. The minimum atomic E-state index is 0.259. The van der Waals surface area contributed by atoms with E-state index in [-0.39, 0.29) is 6.04 Å². The van der Waals surface area contributed by atoms with Crippen molar-refractivity contribution in [2.75, 3.05) is 0 Å². The number of nitrogens with one attached hydrogen (secondary N) is 3. The second-order valence-electron chi connectivity index (χ2n) is 4.24. The summed E-state index contributed by atoms with van der Waals surface area (Å²) in [5.41, 5.74) is 11.9. The Labute approximate surface area is 108 Å². The average Bonchev–Trinajstić information content (AvgIpc) is 2.45. The van der Waals surface area contributed by atoms with Crippen LogP contribution >= 0.6 is 0 Å². The van der Waals surface area contributed by atoms with Crippen LogP contribution in [0, 0.1) is 0 Å². The minimum Gasteiger partial charge on any atom is -0.240 e. The standard InChI is InChI=1S/C15H19N3/c1-13(15-10-6-3-7-11-15)17-18-16-12-14-8-4-2-5-9-14/h2-11,13,16-18H,12H2,1H3/t13-/m0/s1. The quantitative estimate of drug-likeness (QED) is 0.537. The molecule has 3 N–H and O–H groups in total. The van der Waals surface area contributed by atoms with Crippen molar-refractivity contribution >= 4 is 0 Å². The van der Waals surface area contributed by atoms with Gasteiger partial charge in [0, 0.05) is 12.6 Å². The molecule has 0 saturated carbocycles. The molecule has 2 aromatic rings. The van der Waals surface area contributed by atoms with Gasteiger partial charge < -0.3 is 0 Å². The van der Waals surface area contributed by atoms with Crippen molar-refractivity contribution in [1.82, 2.24) is 16.4 Å². The summed E-state index contributed by atoms with van der Waals surface area (Å²) in [6.07, 6.45) is 0. The third-order valence-electron chi connectivity index (χ3n) is 2.81. The predicted molar refractivity (Wildman–Crippen MR) is 74.4 cm³/mol. The third kappa shape index (κ3) is 3.96. The summed E-state index contributed by atoms with van der Waals surface area (Å²) >= 11 is 0. The SMILES string of the molecule is C[C@H](NNNCc1ccccc1)c1ccccc1. The molecule has 2 rings (SSSR count). The Bertz CT molecular complexity index is 442. The van der Waals surface area contributed by atoms with Gasteiger partial charge in [0.25, 0.3) is 0 Å². The van der Waals surface area contributed by atoms with Gasteiger partial charge in [-0.1, -0.05) is 60.7 Å². The van der Waals surface area contributed by atoms with E-state index in [2.05, 4.69) is 47.6 Å². The molecule has 1 atom stereocenters. The first kappa shape index (κ1) is 12.8. The summed E-state index contributed by atoms with van der Waals surface area (Å²) in [5.74, 6) is 0. The molecule has 18 heavy (non-hydrogen) atoms. The minimum absolute atomic E-state index is 0.259. The molecule has 2 aromatic carbocycles. The summed E-state index contributed by atoms with van der Waals surface area (Å²) in [4.78, 5) is 0. The van der Waals surface area contributed by atoms with Gasteiger partial charge >= 0.3 is 0 Å². The molecule has 0 spiro atoms. The number of rotatable bonds is 6. The van der Waals surface area contributed by atoms with Crippen LogP contribution in [0.25, 0.3) is 0 Å². The third-order valence-corrected chi connectivity index (χ3v) is 2.81. The molecule has 0 aromatic heterocycles. The lowest BCUT2D eigenvalue weighted by Crippen LogP contribution is -2.43. The summed E-state index contributed by atoms with van der Waals surface area (Å²) in [7, 11) is 0. The molecule has 0 radical (unpaired) electrons. The molecular weight excluding hydrogens is 222 g/mol. The highest BCUT2D eigenvalue weighted by atomic mass is 15.6. The van der Waals surface area contributed by atoms with Crippen LogP contribution in [0.5, 0.6) is 0 Å². The molecule has 0 saturated heterocycles. The molecule has 0 aliphatic carbocycles. The number of hydrazine groups is 2. The van der Waals surface area contributed by atoms with E-state index in [1.807, 2.05) is 36.4 Å². The van der Waals surface area contributed by atoms with Crippen LogP contribution in [0.3, 0.4) is 0 Å². The van der Waals surface area contributed by atoms with Crippen LogP contribution in [-0.2, 0) is 6.54 Å². The van der Waals surface area contributed by atoms with E-state index in [4.69, 9.17) is 0 Å². The molecule has 0 bridgehead atoms. The highest BCUT2D eigenvalue weighted by Gasteiger charge is 2.01. The first-order valence-electron chi connectivity index (χ1n) is 6.18. The van der Waals surface area contributed by atoms with Crippen molar-refractivity contribution in [3.05, 3.63) is 71.8 Å². The molecule has 0 fully saturated rings. The van der Waals surface area contributed by atoms with E-state index in [0.717, 1.165) is 6.54 Å². The van der Waals surface area contributed by atoms with Gasteiger partial charge in [-0.25, -0.2) is 10.9 Å². The number of benzene rings is 2. The van der Waals surface area contributed by atoms with Gasteiger partial charge in [-0.15, -0.1) is 0 Å². The lowest BCUT2D eigenvalue weighted by molar-refractivity contribution is 0.387. The van der Waals surface area contributed by atoms with Crippen LogP contribution in [-0.4, -0.2) is 0 Å². The highest BCUT2D eigenvalue weighted by molar-refractivity contribution is 5.17. The van der Waals surface area contributed by atoms with Crippen LogP contribution in [0.15, 0.2) is 60.7 Å². The molecule has 3 nitrogen and oxygen atoms in total. The van der Waals surface area contributed by atoms with Crippen LogP contribution in [0.1, 0.15) is 24.1 Å². The van der Waals surface area contributed by atoms with E-state index in [0.29, 0.717) is 0 Å². The van der Waals surface area contributed by atoms with Gasteiger partial charge in [-0.2, -0.15) is 5.53 Å². The van der Waals surface area contributed by atoms with E-state index in [1.54, 1.807) is 0 Å². The van der Waals surface area contributed by atoms with E-state index in [1.165, 1.54) is 11.1 Å².